The monoisotopic (exact) mass is 596 g/mol. The second-order valence-electron chi connectivity index (χ2n) is 9.69. The first-order valence-corrected chi connectivity index (χ1v) is 14.5. The molecule has 0 spiro atoms. The summed E-state index contributed by atoms with van der Waals surface area (Å²) >= 11 is 8.24. The topological polar surface area (TPSA) is 197 Å². The highest BCUT2D eigenvalue weighted by Gasteiger charge is 2.35. The number of nitrogens with two attached hydrogens (primary N) is 2. The minimum absolute atomic E-state index is 0.0532. The smallest absolute Gasteiger partial charge is 0.246 e. The van der Waals surface area contributed by atoms with Crippen LogP contribution in [0.5, 0.6) is 5.75 Å². The fraction of sp³-hybridized carbons (Fsp3) is 0.577. The molecule has 14 heteroatoms. The van der Waals surface area contributed by atoms with Gasteiger partial charge in [0.05, 0.1) is 12.1 Å². The molecule has 1 aliphatic heterocycles. The zero-order valence-electron chi connectivity index (χ0n) is 22.3. The molecule has 5 atom stereocenters. The zero-order valence-corrected chi connectivity index (χ0v) is 24.1. The summed E-state index contributed by atoms with van der Waals surface area (Å²) in [5.41, 5.74) is 12.0. The third-order valence-corrected chi connectivity index (χ3v) is 7.42. The minimum Gasteiger partial charge on any atom is -0.508 e. The van der Waals surface area contributed by atoms with E-state index in [1.165, 1.54) is 17.0 Å². The van der Waals surface area contributed by atoms with Gasteiger partial charge in [-0.2, -0.15) is 25.3 Å². The van der Waals surface area contributed by atoms with E-state index < -0.39 is 53.8 Å². The van der Waals surface area contributed by atoms with Crippen LogP contribution in [0.4, 0.5) is 0 Å². The molecule has 0 aromatic heterocycles. The van der Waals surface area contributed by atoms with Gasteiger partial charge in [-0.05, 0) is 56.3 Å². The average Bonchev–Trinajstić information content (AvgIpc) is 3.44. The van der Waals surface area contributed by atoms with Crippen LogP contribution in [0.3, 0.4) is 0 Å². The van der Waals surface area contributed by atoms with Crippen LogP contribution in [-0.2, 0) is 30.4 Å². The number of rotatable bonds is 16. The molecule has 40 heavy (non-hydrogen) atoms. The van der Waals surface area contributed by atoms with Crippen LogP contribution in [0.15, 0.2) is 24.3 Å². The van der Waals surface area contributed by atoms with Gasteiger partial charge in [0.2, 0.25) is 23.6 Å². The van der Waals surface area contributed by atoms with E-state index in [9.17, 15) is 29.1 Å². The first-order valence-electron chi connectivity index (χ1n) is 13.3. The molecular formula is C26H40N6O6S2. The van der Waals surface area contributed by atoms with Gasteiger partial charge < -0.3 is 42.2 Å². The van der Waals surface area contributed by atoms with Crippen LogP contribution >= 0.6 is 25.3 Å². The number of likely N-dealkylation sites (tertiary alicyclic amines) is 1. The summed E-state index contributed by atoms with van der Waals surface area (Å²) in [5.74, 6) is -2.18. The standard InChI is InChI=1S/C26H40N6O6S2/c27-10-2-1-5-20(29-23(35)19(28)14-39)24(36)31-22(15-40)25(37)30-21(12-16-6-8-18(34)9-7-16)26(38)32-11-3-4-17(32)13-33/h6-9,13,17,19-22,34,39-40H,1-5,10-12,14-15,27-28H2,(H,29,35)(H,30,37)(H,31,36)/t17-,19-,20-,21-,22-/m0/s1. The summed E-state index contributed by atoms with van der Waals surface area (Å²) in [6.45, 7) is 0.800. The van der Waals surface area contributed by atoms with Gasteiger partial charge in [0.1, 0.15) is 30.2 Å². The van der Waals surface area contributed by atoms with Crippen molar-refractivity contribution in [3.05, 3.63) is 29.8 Å². The first kappa shape index (κ1) is 33.4. The molecule has 2 rings (SSSR count). The molecule has 4 amide bonds. The lowest BCUT2D eigenvalue weighted by Gasteiger charge is -2.29. The fourth-order valence-electron chi connectivity index (χ4n) is 4.34. The predicted molar refractivity (Wildman–Crippen MR) is 157 cm³/mol. The average molecular weight is 597 g/mol. The van der Waals surface area contributed by atoms with E-state index in [0.717, 1.165) is 6.29 Å². The molecule has 1 heterocycles. The molecule has 1 aromatic carbocycles. The van der Waals surface area contributed by atoms with E-state index in [1.54, 1.807) is 12.1 Å². The van der Waals surface area contributed by atoms with Crippen molar-refractivity contribution >= 4 is 55.2 Å². The Morgan fingerprint density at radius 1 is 0.975 bits per heavy atom. The third kappa shape index (κ3) is 9.98. The van der Waals surface area contributed by atoms with Crippen LogP contribution in [0.25, 0.3) is 0 Å². The van der Waals surface area contributed by atoms with Crippen LogP contribution in [0.1, 0.15) is 37.7 Å². The number of aromatic hydroxyl groups is 1. The summed E-state index contributed by atoms with van der Waals surface area (Å²) in [6, 6.07) is 1.59. The van der Waals surface area contributed by atoms with Crippen molar-refractivity contribution in [2.24, 2.45) is 11.5 Å². The highest BCUT2D eigenvalue weighted by atomic mass is 32.1. The lowest BCUT2D eigenvalue weighted by molar-refractivity contribution is -0.139. The normalized spacial score (nSPS) is 17.8. The summed E-state index contributed by atoms with van der Waals surface area (Å²) in [4.78, 5) is 65.2. The Morgan fingerprint density at radius 3 is 2.20 bits per heavy atom. The van der Waals surface area contributed by atoms with Crippen LogP contribution in [0.2, 0.25) is 0 Å². The maximum Gasteiger partial charge on any atom is 0.246 e. The molecule has 8 N–H and O–H groups in total. The van der Waals surface area contributed by atoms with E-state index in [1.807, 2.05) is 0 Å². The Morgan fingerprint density at radius 2 is 1.60 bits per heavy atom. The Bertz CT molecular complexity index is 1010. The van der Waals surface area contributed by atoms with Gasteiger partial charge >= 0.3 is 0 Å². The number of hydrogen-bond acceptors (Lipinski definition) is 10. The molecule has 12 nitrogen and oxygen atoms in total. The number of benzene rings is 1. The van der Waals surface area contributed by atoms with Gasteiger partial charge in [-0.1, -0.05) is 12.1 Å². The molecule has 1 aromatic rings. The van der Waals surface area contributed by atoms with E-state index in [4.69, 9.17) is 11.5 Å². The van der Waals surface area contributed by atoms with E-state index >= 15 is 0 Å². The number of aldehydes is 1. The molecule has 1 fully saturated rings. The Labute approximate surface area is 245 Å². The van der Waals surface area contributed by atoms with E-state index in [2.05, 4.69) is 41.2 Å². The molecule has 0 aliphatic carbocycles. The molecule has 222 valence electrons. The molecular weight excluding hydrogens is 556 g/mol. The molecule has 1 aliphatic rings. The number of phenolic OH excluding ortho intramolecular Hbond substituents is 1. The van der Waals surface area contributed by atoms with Crippen molar-refractivity contribution in [3.8, 4) is 5.75 Å². The van der Waals surface area contributed by atoms with Gasteiger partial charge in [0.15, 0.2) is 0 Å². The Hall–Kier alpha value is -2.81. The van der Waals surface area contributed by atoms with Gasteiger partial charge in [-0.3, -0.25) is 19.2 Å². The van der Waals surface area contributed by atoms with E-state index in [-0.39, 0.29) is 30.1 Å². The number of amides is 4. The first-order chi connectivity index (χ1) is 19.1. The highest BCUT2D eigenvalue weighted by molar-refractivity contribution is 7.80. The fourth-order valence-corrected chi connectivity index (χ4v) is 4.76. The number of carbonyl (C=O) groups excluding carboxylic acids is 5. The Balaban J connectivity index is 2.19. The SMILES string of the molecule is NCCCC[C@H](NC(=O)[C@@H](N)CS)C(=O)N[C@@H](CS)C(=O)N[C@@H](Cc1ccc(O)cc1)C(=O)N1CCC[C@H]1C=O. The van der Waals surface area contributed by atoms with Crippen molar-refractivity contribution in [3.63, 3.8) is 0 Å². The second-order valence-corrected chi connectivity index (χ2v) is 10.4. The Kier molecular flexibility index (Phi) is 14.3. The maximum atomic E-state index is 13.4. The largest absolute Gasteiger partial charge is 0.508 e. The summed E-state index contributed by atoms with van der Waals surface area (Å²) < 4.78 is 0. The van der Waals surface area contributed by atoms with Crippen LogP contribution < -0.4 is 27.4 Å². The number of unbranched alkanes of at least 4 members (excludes halogenated alkanes) is 1. The van der Waals surface area contributed by atoms with Crippen LogP contribution in [-0.4, -0.2) is 94.7 Å². The number of phenols is 1. The predicted octanol–water partition coefficient (Wildman–Crippen LogP) is -1.11. The van der Waals surface area contributed by atoms with Crippen molar-refractivity contribution in [2.45, 2.75) is 68.7 Å². The zero-order chi connectivity index (χ0) is 29.7. The van der Waals surface area contributed by atoms with Crippen LogP contribution in [0, 0.1) is 0 Å². The lowest BCUT2D eigenvalue weighted by Crippen LogP contribution is -2.59. The maximum absolute atomic E-state index is 13.4. The van der Waals surface area contributed by atoms with Crippen molar-refractivity contribution in [1.29, 1.82) is 0 Å². The van der Waals surface area contributed by atoms with Crippen molar-refractivity contribution in [2.75, 3.05) is 24.6 Å². The molecule has 0 radical (unpaired) electrons. The van der Waals surface area contributed by atoms with Crippen molar-refractivity contribution in [1.82, 2.24) is 20.9 Å². The van der Waals surface area contributed by atoms with E-state index in [0.29, 0.717) is 44.3 Å². The van der Waals surface area contributed by atoms with Gasteiger partial charge in [-0.25, -0.2) is 0 Å². The quantitative estimate of drug-likeness (QED) is 0.0668. The number of nitrogens with one attached hydrogen (secondary N) is 3. The van der Waals surface area contributed by atoms with Gasteiger partial charge in [0, 0.05) is 24.5 Å². The number of carbonyl (C=O) groups is 5. The number of thiol groups is 2. The number of hydrogen-bond donors (Lipinski definition) is 8. The van der Waals surface area contributed by atoms with Crippen molar-refractivity contribution < 1.29 is 29.1 Å². The third-order valence-electron chi connectivity index (χ3n) is 6.66. The van der Waals surface area contributed by atoms with Gasteiger partial charge in [-0.15, -0.1) is 0 Å². The molecule has 0 unspecified atom stereocenters. The van der Waals surface area contributed by atoms with Gasteiger partial charge in [0.25, 0.3) is 0 Å². The molecule has 0 saturated carbocycles. The highest BCUT2D eigenvalue weighted by Crippen LogP contribution is 2.19. The summed E-state index contributed by atoms with van der Waals surface area (Å²) in [5, 5.41) is 17.5. The summed E-state index contributed by atoms with van der Waals surface area (Å²) in [6.07, 6.45) is 3.49. The summed E-state index contributed by atoms with van der Waals surface area (Å²) in [7, 11) is 0. The molecule has 0 bridgehead atoms. The molecule has 1 saturated heterocycles. The lowest BCUT2D eigenvalue weighted by atomic mass is 10.0. The number of nitrogens with zero attached hydrogens (tertiary/aromatic N) is 1. The minimum atomic E-state index is -1.13. The second kappa shape index (κ2) is 17.1.